The van der Waals surface area contributed by atoms with E-state index in [0.29, 0.717) is 0 Å². The fourth-order valence-corrected chi connectivity index (χ4v) is 1.05. The van der Waals surface area contributed by atoms with Gasteiger partial charge >= 0.3 is 0 Å². The lowest BCUT2D eigenvalue weighted by Crippen LogP contribution is -2.37. The highest BCUT2D eigenvalue weighted by molar-refractivity contribution is 7.81. The fourth-order valence-electron chi connectivity index (χ4n) is 0.796. The van der Waals surface area contributed by atoms with Crippen LogP contribution in [0, 0.1) is 5.92 Å². The summed E-state index contributed by atoms with van der Waals surface area (Å²) in [5.74, 6) is -0.104. The molecule has 0 rings (SSSR count). The molecule has 0 aliphatic heterocycles. The molecule has 0 saturated heterocycles. The van der Waals surface area contributed by atoms with Gasteiger partial charge in [-0.05, 0) is 13.8 Å². The second-order valence-electron chi connectivity index (χ2n) is 3.26. The summed E-state index contributed by atoms with van der Waals surface area (Å²) in [5.41, 5.74) is 0. The summed E-state index contributed by atoms with van der Waals surface area (Å²) in [7, 11) is 0. The predicted molar refractivity (Wildman–Crippen MR) is 45.3 cm³/mol. The van der Waals surface area contributed by atoms with Gasteiger partial charge in [0.05, 0.1) is 6.10 Å². The van der Waals surface area contributed by atoms with E-state index in [9.17, 15) is 5.11 Å². The molecule has 0 fully saturated rings. The monoisotopic (exact) mass is 164 g/mol. The molecule has 2 nitrogen and oxygen atoms in total. The SMILES string of the molecule is CC(CO)C(O)C(C)(C)S. The zero-order valence-electron chi connectivity index (χ0n) is 6.70. The summed E-state index contributed by atoms with van der Waals surface area (Å²) in [6.07, 6.45) is -0.555. The summed E-state index contributed by atoms with van der Waals surface area (Å²) in [6, 6.07) is 0. The Bertz CT molecular complexity index is 98.3. The van der Waals surface area contributed by atoms with Crippen molar-refractivity contribution in [2.75, 3.05) is 6.61 Å². The predicted octanol–water partition coefficient (Wildman–Crippen LogP) is 0.684. The van der Waals surface area contributed by atoms with Crippen LogP contribution in [0.3, 0.4) is 0 Å². The first-order valence-electron chi connectivity index (χ1n) is 3.41. The van der Waals surface area contributed by atoms with Crippen LogP contribution in [-0.4, -0.2) is 27.7 Å². The van der Waals surface area contributed by atoms with Crippen LogP contribution in [-0.2, 0) is 0 Å². The fraction of sp³-hybridized carbons (Fsp3) is 1.00. The molecule has 0 aliphatic rings. The molecule has 0 heterocycles. The van der Waals surface area contributed by atoms with Crippen LogP contribution >= 0.6 is 12.6 Å². The Labute approximate surface area is 67.7 Å². The first kappa shape index (κ1) is 10.3. The lowest BCUT2D eigenvalue weighted by Gasteiger charge is -2.28. The van der Waals surface area contributed by atoms with E-state index in [1.165, 1.54) is 0 Å². The molecule has 3 heteroatoms. The molecule has 0 aromatic carbocycles. The number of thiol groups is 1. The quantitative estimate of drug-likeness (QED) is 0.537. The van der Waals surface area contributed by atoms with Crippen LogP contribution in [0.4, 0.5) is 0 Å². The summed E-state index contributed by atoms with van der Waals surface area (Å²) in [4.78, 5) is 0. The van der Waals surface area contributed by atoms with Crippen LogP contribution < -0.4 is 0 Å². The van der Waals surface area contributed by atoms with Gasteiger partial charge < -0.3 is 10.2 Å². The number of rotatable bonds is 3. The largest absolute Gasteiger partial charge is 0.396 e. The van der Waals surface area contributed by atoms with Crippen molar-refractivity contribution in [1.29, 1.82) is 0 Å². The van der Waals surface area contributed by atoms with E-state index in [1.807, 2.05) is 13.8 Å². The van der Waals surface area contributed by atoms with Crippen molar-refractivity contribution in [3.8, 4) is 0 Å². The lowest BCUT2D eigenvalue weighted by molar-refractivity contribution is 0.0556. The van der Waals surface area contributed by atoms with Crippen molar-refractivity contribution in [3.05, 3.63) is 0 Å². The number of aliphatic hydroxyl groups is 2. The average molecular weight is 164 g/mol. The molecule has 0 amide bonds. The van der Waals surface area contributed by atoms with Crippen molar-refractivity contribution in [3.63, 3.8) is 0 Å². The van der Waals surface area contributed by atoms with Crippen molar-refractivity contribution in [2.24, 2.45) is 5.92 Å². The topological polar surface area (TPSA) is 40.5 Å². The smallest absolute Gasteiger partial charge is 0.0726 e. The normalized spacial score (nSPS) is 18.6. The summed E-state index contributed by atoms with van der Waals surface area (Å²) in [5, 5.41) is 18.1. The van der Waals surface area contributed by atoms with Crippen LogP contribution in [0.2, 0.25) is 0 Å². The highest BCUT2D eigenvalue weighted by Gasteiger charge is 2.27. The van der Waals surface area contributed by atoms with Crippen molar-refractivity contribution in [1.82, 2.24) is 0 Å². The van der Waals surface area contributed by atoms with E-state index in [2.05, 4.69) is 12.6 Å². The summed E-state index contributed by atoms with van der Waals surface area (Å²) < 4.78 is -0.428. The van der Waals surface area contributed by atoms with Gasteiger partial charge in [0, 0.05) is 17.3 Å². The second kappa shape index (κ2) is 3.60. The Hall–Kier alpha value is 0.270. The maximum absolute atomic E-state index is 9.42. The molecule has 0 aromatic heterocycles. The van der Waals surface area contributed by atoms with Gasteiger partial charge in [-0.1, -0.05) is 6.92 Å². The van der Waals surface area contributed by atoms with Crippen LogP contribution in [0.25, 0.3) is 0 Å². The van der Waals surface area contributed by atoms with Gasteiger partial charge in [0.1, 0.15) is 0 Å². The Morgan fingerprint density at radius 1 is 1.50 bits per heavy atom. The Kier molecular flexibility index (Phi) is 3.70. The van der Waals surface area contributed by atoms with Crippen LogP contribution in [0.1, 0.15) is 20.8 Å². The van der Waals surface area contributed by atoms with Crippen LogP contribution in [0.15, 0.2) is 0 Å². The zero-order chi connectivity index (χ0) is 8.36. The molecular weight excluding hydrogens is 148 g/mol. The minimum Gasteiger partial charge on any atom is -0.396 e. The van der Waals surface area contributed by atoms with Gasteiger partial charge in [-0.3, -0.25) is 0 Å². The third-order valence-electron chi connectivity index (χ3n) is 1.55. The molecule has 2 atom stereocenters. The molecule has 2 unspecified atom stereocenters. The molecule has 0 aliphatic carbocycles. The van der Waals surface area contributed by atoms with E-state index in [0.717, 1.165) is 0 Å². The maximum atomic E-state index is 9.42. The van der Waals surface area contributed by atoms with E-state index in [-0.39, 0.29) is 12.5 Å². The first-order chi connectivity index (χ1) is 4.39. The van der Waals surface area contributed by atoms with E-state index < -0.39 is 10.9 Å². The number of hydrogen-bond acceptors (Lipinski definition) is 3. The standard InChI is InChI=1S/C7H16O2S/c1-5(4-8)6(9)7(2,3)10/h5-6,8-10H,4H2,1-3H3. The van der Waals surface area contributed by atoms with E-state index in [4.69, 9.17) is 5.11 Å². The van der Waals surface area contributed by atoms with Gasteiger partial charge in [-0.15, -0.1) is 0 Å². The average Bonchev–Trinajstić information content (AvgIpc) is 1.83. The molecule has 0 aromatic rings. The van der Waals surface area contributed by atoms with Gasteiger partial charge in [0.25, 0.3) is 0 Å². The molecule has 0 radical (unpaired) electrons. The van der Waals surface area contributed by atoms with Gasteiger partial charge in [0.2, 0.25) is 0 Å². The van der Waals surface area contributed by atoms with E-state index in [1.54, 1.807) is 6.92 Å². The maximum Gasteiger partial charge on any atom is 0.0726 e. The molecular formula is C7H16O2S. The third-order valence-corrected chi connectivity index (χ3v) is 1.82. The molecule has 2 N–H and O–H groups in total. The minimum absolute atomic E-state index is 0.00512. The summed E-state index contributed by atoms with van der Waals surface area (Å²) >= 11 is 4.18. The Morgan fingerprint density at radius 3 is 2.00 bits per heavy atom. The highest BCUT2D eigenvalue weighted by Crippen LogP contribution is 2.22. The lowest BCUT2D eigenvalue weighted by atomic mass is 9.95. The Morgan fingerprint density at radius 2 is 1.90 bits per heavy atom. The third kappa shape index (κ3) is 2.90. The molecule has 62 valence electrons. The van der Waals surface area contributed by atoms with Crippen molar-refractivity contribution < 1.29 is 10.2 Å². The van der Waals surface area contributed by atoms with Gasteiger partial charge in [0.15, 0.2) is 0 Å². The van der Waals surface area contributed by atoms with Crippen molar-refractivity contribution in [2.45, 2.75) is 31.6 Å². The highest BCUT2D eigenvalue weighted by atomic mass is 32.1. The van der Waals surface area contributed by atoms with E-state index >= 15 is 0 Å². The number of hydrogen-bond donors (Lipinski definition) is 3. The van der Waals surface area contributed by atoms with Gasteiger partial charge in [-0.2, -0.15) is 12.6 Å². The molecule has 0 saturated carbocycles. The first-order valence-corrected chi connectivity index (χ1v) is 3.85. The van der Waals surface area contributed by atoms with Crippen molar-refractivity contribution >= 4 is 12.6 Å². The molecule has 10 heavy (non-hydrogen) atoms. The molecule has 0 spiro atoms. The van der Waals surface area contributed by atoms with Crippen LogP contribution in [0.5, 0.6) is 0 Å². The number of aliphatic hydroxyl groups excluding tert-OH is 2. The minimum atomic E-state index is -0.555. The second-order valence-corrected chi connectivity index (χ2v) is 4.41. The summed E-state index contributed by atoms with van der Waals surface area (Å²) in [6.45, 7) is 5.45. The van der Waals surface area contributed by atoms with Gasteiger partial charge in [-0.25, -0.2) is 0 Å². The molecule has 0 bridgehead atoms. The zero-order valence-corrected chi connectivity index (χ0v) is 7.60. The Balaban J connectivity index is 3.94.